The lowest BCUT2D eigenvalue weighted by molar-refractivity contribution is -0.121. The molecular weight excluding hydrogens is 332 g/mol. The van der Waals surface area contributed by atoms with Gasteiger partial charge < -0.3 is 11.1 Å². The van der Waals surface area contributed by atoms with Gasteiger partial charge in [0.25, 0.3) is 0 Å². The van der Waals surface area contributed by atoms with E-state index < -0.39 is 0 Å². The monoisotopic (exact) mass is 358 g/mol. The van der Waals surface area contributed by atoms with E-state index >= 15 is 0 Å². The number of nitrogen functional groups attached to an aromatic ring is 1. The molecule has 3 nitrogen and oxygen atoms in total. The van der Waals surface area contributed by atoms with Gasteiger partial charge in [0.2, 0.25) is 5.91 Å². The number of carbonyl (C=O) groups excluding carboxylic acids is 1. The summed E-state index contributed by atoms with van der Waals surface area (Å²) >= 11 is 0. The van der Waals surface area contributed by atoms with Crippen molar-refractivity contribution < 1.29 is 4.79 Å². The first-order valence-electron chi connectivity index (χ1n) is 8.88. The van der Waals surface area contributed by atoms with Crippen LogP contribution in [0.2, 0.25) is 0 Å². The van der Waals surface area contributed by atoms with E-state index in [1.54, 1.807) is 0 Å². The molecule has 0 saturated carbocycles. The predicted octanol–water partition coefficient (Wildman–Crippen LogP) is 4.38. The number of benzene rings is 2. The lowest BCUT2D eigenvalue weighted by Gasteiger charge is -2.20. The van der Waals surface area contributed by atoms with Gasteiger partial charge in [-0.1, -0.05) is 36.4 Å². The molecule has 4 heteroatoms. The second-order valence-electron chi connectivity index (χ2n) is 6.72. The number of hydrogen-bond donors (Lipinski definition) is 2. The third kappa shape index (κ3) is 4.99. The summed E-state index contributed by atoms with van der Waals surface area (Å²) in [7, 11) is 0. The van der Waals surface area contributed by atoms with Crippen molar-refractivity contribution >= 4 is 24.0 Å². The summed E-state index contributed by atoms with van der Waals surface area (Å²) in [5, 5.41) is 3.11. The Morgan fingerprint density at radius 3 is 2.60 bits per heavy atom. The average Bonchev–Trinajstić information content (AvgIpc) is 2.60. The number of amides is 1. The molecule has 2 aromatic rings. The van der Waals surface area contributed by atoms with Crippen LogP contribution in [0.3, 0.4) is 0 Å². The molecule has 134 valence electrons. The van der Waals surface area contributed by atoms with Crippen LogP contribution in [0.1, 0.15) is 54.5 Å². The molecule has 1 amide bonds. The summed E-state index contributed by atoms with van der Waals surface area (Å²) in [6.45, 7) is 2.05. The first kappa shape index (κ1) is 19.3. The summed E-state index contributed by atoms with van der Waals surface area (Å²) in [6.07, 6.45) is 6.06. The van der Waals surface area contributed by atoms with E-state index in [1.165, 1.54) is 36.0 Å². The van der Waals surface area contributed by atoms with Crippen LogP contribution in [0.4, 0.5) is 5.69 Å². The van der Waals surface area contributed by atoms with E-state index in [0.717, 1.165) is 17.7 Å². The summed E-state index contributed by atoms with van der Waals surface area (Å²) in [5.74, 6) is 0.0727. The van der Waals surface area contributed by atoms with E-state index in [1.807, 2.05) is 24.3 Å². The number of nitrogens with one attached hydrogen (secondary N) is 1. The molecule has 3 rings (SSSR count). The minimum absolute atomic E-state index is 0. The second kappa shape index (κ2) is 8.91. The average molecular weight is 359 g/mol. The highest BCUT2D eigenvalue weighted by atomic mass is 35.5. The molecule has 3 N–H and O–H groups in total. The summed E-state index contributed by atoms with van der Waals surface area (Å²) in [5.41, 5.74) is 11.9. The maximum atomic E-state index is 12.2. The number of rotatable bonds is 5. The second-order valence-corrected chi connectivity index (χ2v) is 6.72. The molecule has 2 aromatic carbocycles. The van der Waals surface area contributed by atoms with Gasteiger partial charge in [0, 0.05) is 12.1 Å². The van der Waals surface area contributed by atoms with Gasteiger partial charge in [-0.05, 0) is 67.3 Å². The number of nitrogens with two attached hydrogens (primary N) is 1. The molecule has 1 aliphatic rings. The number of para-hydroxylation sites is 1. The first-order chi connectivity index (χ1) is 11.6. The quantitative estimate of drug-likeness (QED) is 0.779. The highest BCUT2D eigenvalue weighted by molar-refractivity contribution is 5.85. The Bertz CT molecular complexity index is 730. The molecule has 0 fully saturated rings. The highest BCUT2D eigenvalue weighted by Crippen LogP contribution is 2.24. The molecule has 1 atom stereocenters. The molecule has 1 unspecified atom stereocenters. The van der Waals surface area contributed by atoms with Gasteiger partial charge in [-0.2, -0.15) is 0 Å². The standard InChI is InChI=1S/C21H26N2O.ClH/c1-15(18-11-10-16-6-2-3-8-19(16)14-18)23-21(24)13-12-17-7-4-5-9-20(17)22;/h4-5,7,9-11,14-15H,2-3,6,8,12-13,22H2,1H3,(H,23,24);1H. The summed E-state index contributed by atoms with van der Waals surface area (Å²) in [4.78, 5) is 12.2. The molecule has 0 aromatic heterocycles. The van der Waals surface area contributed by atoms with Crippen molar-refractivity contribution in [3.63, 3.8) is 0 Å². The van der Waals surface area contributed by atoms with Crippen LogP contribution in [-0.4, -0.2) is 5.91 Å². The number of halogens is 1. The number of anilines is 1. The van der Waals surface area contributed by atoms with Crippen LogP contribution in [0.5, 0.6) is 0 Å². The Balaban J connectivity index is 0.00000225. The third-order valence-electron chi connectivity index (χ3n) is 4.93. The summed E-state index contributed by atoms with van der Waals surface area (Å²) in [6, 6.07) is 14.4. The van der Waals surface area contributed by atoms with Gasteiger partial charge in [0.15, 0.2) is 0 Å². The number of aryl methyl sites for hydroxylation is 3. The molecule has 0 heterocycles. The van der Waals surface area contributed by atoms with E-state index in [9.17, 15) is 4.79 Å². The highest BCUT2D eigenvalue weighted by Gasteiger charge is 2.14. The third-order valence-corrected chi connectivity index (χ3v) is 4.93. The van der Waals surface area contributed by atoms with E-state index in [4.69, 9.17) is 5.73 Å². The van der Waals surface area contributed by atoms with E-state index in [2.05, 4.69) is 30.4 Å². The fourth-order valence-electron chi connectivity index (χ4n) is 3.43. The van der Waals surface area contributed by atoms with Crippen molar-refractivity contribution in [1.82, 2.24) is 5.32 Å². The molecule has 1 aliphatic carbocycles. The number of fused-ring (bicyclic) bond motifs is 1. The lowest BCUT2D eigenvalue weighted by Crippen LogP contribution is -2.27. The van der Waals surface area contributed by atoms with Crippen LogP contribution >= 0.6 is 12.4 Å². The summed E-state index contributed by atoms with van der Waals surface area (Å²) < 4.78 is 0. The number of carbonyl (C=O) groups is 1. The largest absolute Gasteiger partial charge is 0.399 e. The fraction of sp³-hybridized carbons (Fsp3) is 0.381. The van der Waals surface area contributed by atoms with Crippen LogP contribution in [0, 0.1) is 0 Å². The van der Waals surface area contributed by atoms with Crippen LogP contribution in [0.15, 0.2) is 42.5 Å². The van der Waals surface area contributed by atoms with Crippen molar-refractivity contribution in [2.24, 2.45) is 0 Å². The van der Waals surface area contributed by atoms with Crippen molar-refractivity contribution in [3.05, 3.63) is 64.7 Å². The Hall–Kier alpha value is -2.00. The maximum absolute atomic E-state index is 12.2. The zero-order valence-corrected chi connectivity index (χ0v) is 15.6. The number of hydrogen-bond acceptors (Lipinski definition) is 2. The molecule has 0 spiro atoms. The molecule has 0 aliphatic heterocycles. The van der Waals surface area contributed by atoms with Gasteiger partial charge in [-0.3, -0.25) is 4.79 Å². The van der Waals surface area contributed by atoms with Gasteiger partial charge in [0.1, 0.15) is 0 Å². The van der Waals surface area contributed by atoms with Gasteiger partial charge in [0.05, 0.1) is 6.04 Å². The topological polar surface area (TPSA) is 55.1 Å². The van der Waals surface area contributed by atoms with Gasteiger partial charge in [-0.25, -0.2) is 0 Å². The van der Waals surface area contributed by atoms with E-state index in [0.29, 0.717) is 12.8 Å². The van der Waals surface area contributed by atoms with Crippen LogP contribution in [0.25, 0.3) is 0 Å². The minimum Gasteiger partial charge on any atom is -0.399 e. The molecule has 0 bridgehead atoms. The van der Waals surface area contributed by atoms with Gasteiger partial charge >= 0.3 is 0 Å². The van der Waals surface area contributed by atoms with Crippen molar-refractivity contribution in [3.8, 4) is 0 Å². The first-order valence-corrected chi connectivity index (χ1v) is 8.88. The van der Waals surface area contributed by atoms with Crippen molar-refractivity contribution in [1.29, 1.82) is 0 Å². The van der Waals surface area contributed by atoms with Crippen LogP contribution < -0.4 is 11.1 Å². The normalized spacial score (nSPS) is 14.1. The van der Waals surface area contributed by atoms with Gasteiger partial charge in [-0.15, -0.1) is 12.4 Å². The zero-order chi connectivity index (χ0) is 16.9. The molecular formula is C21H27ClN2O. The minimum atomic E-state index is 0. The fourth-order valence-corrected chi connectivity index (χ4v) is 3.43. The molecule has 0 saturated heterocycles. The van der Waals surface area contributed by atoms with Crippen LogP contribution in [-0.2, 0) is 24.1 Å². The van der Waals surface area contributed by atoms with Crippen molar-refractivity contribution in [2.75, 3.05) is 5.73 Å². The van der Waals surface area contributed by atoms with Crippen molar-refractivity contribution in [2.45, 2.75) is 51.5 Å². The Morgan fingerprint density at radius 2 is 1.84 bits per heavy atom. The zero-order valence-electron chi connectivity index (χ0n) is 14.8. The smallest absolute Gasteiger partial charge is 0.220 e. The predicted molar refractivity (Wildman–Crippen MR) is 106 cm³/mol. The SMILES string of the molecule is CC(NC(=O)CCc1ccccc1N)c1ccc2c(c1)CCCC2.Cl. The Labute approximate surface area is 156 Å². The molecule has 0 radical (unpaired) electrons. The lowest BCUT2D eigenvalue weighted by atomic mass is 9.89. The Morgan fingerprint density at radius 1 is 1.12 bits per heavy atom. The maximum Gasteiger partial charge on any atom is 0.220 e. The Kier molecular flexibility index (Phi) is 6.89. The van der Waals surface area contributed by atoms with E-state index in [-0.39, 0.29) is 24.4 Å². The molecule has 25 heavy (non-hydrogen) atoms.